The van der Waals surface area contributed by atoms with E-state index in [-0.39, 0.29) is 17.8 Å². The molecule has 0 atom stereocenters. The molecule has 0 N–H and O–H groups in total. The van der Waals surface area contributed by atoms with Crippen LogP contribution in [0.3, 0.4) is 0 Å². The molecule has 3 rings (SSSR count). The van der Waals surface area contributed by atoms with Crippen molar-refractivity contribution in [2.75, 3.05) is 4.90 Å². The Balaban J connectivity index is 2.06. The molecule has 6 heteroatoms. The van der Waals surface area contributed by atoms with E-state index in [2.05, 4.69) is 0 Å². The van der Waals surface area contributed by atoms with Gasteiger partial charge in [0.25, 0.3) is 11.7 Å². The van der Waals surface area contributed by atoms with E-state index in [1.165, 1.54) is 0 Å². The van der Waals surface area contributed by atoms with E-state index in [0.29, 0.717) is 10.6 Å². The molecule has 106 valence electrons. The van der Waals surface area contributed by atoms with Gasteiger partial charge < -0.3 is 4.90 Å². The predicted molar refractivity (Wildman–Crippen MR) is 73.3 cm³/mol. The molecule has 1 aliphatic rings. The van der Waals surface area contributed by atoms with Crippen molar-refractivity contribution in [3.05, 3.63) is 64.2 Å². The number of halogens is 3. The summed E-state index contributed by atoms with van der Waals surface area (Å²) < 4.78 is 26.6. The Kier molecular flexibility index (Phi) is 3.22. The Hall–Kier alpha value is -2.27. The Labute approximate surface area is 123 Å². The molecule has 1 amide bonds. The number of hydrogen-bond donors (Lipinski definition) is 0. The van der Waals surface area contributed by atoms with Gasteiger partial charge in [-0.25, -0.2) is 8.78 Å². The topological polar surface area (TPSA) is 37.4 Å². The molecule has 0 unspecified atom stereocenters. The van der Waals surface area contributed by atoms with Gasteiger partial charge >= 0.3 is 0 Å². The lowest BCUT2D eigenvalue weighted by Crippen LogP contribution is -2.29. The smallest absolute Gasteiger partial charge is 0.299 e. The predicted octanol–water partition coefficient (Wildman–Crippen LogP) is 3.35. The molecule has 0 radical (unpaired) electrons. The number of nitrogens with zero attached hydrogens (tertiary/aromatic N) is 1. The third-order valence-corrected chi connectivity index (χ3v) is 3.67. The normalized spacial score (nSPS) is 13.8. The Bertz CT molecular complexity index is 776. The second kappa shape index (κ2) is 4.93. The number of carbonyl (C=O) groups is 2. The van der Waals surface area contributed by atoms with E-state index < -0.39 is 23.3 Å². The number of Topliss-reactive ketones (excluding diaryl/α,β-unsaturated/α-hetero) is 1. The lowest BCUT2D eigenvalue weighted by Gasteiger charge is -2.17. The third kappa shape index (κ3) is 2.19. The fourth-order valence-electron chi connectivity index (χ4n) is 2.24. The molecule has 0 aliphatic carbocycles. The highest BCUT2D eigenvalue weighted by Crippen LogP contribution is 2.33. The van der Waals surface area contributed by atoms with E-state index in [1.54, 1.807) is 24.3 Å². The minimum atomic E-state index is -1.16. The molecule has 0 spiro atoms. The lowest BCUT2D eigenvalue weighted by molar-refractivity contribution is -0.114. The number of hydrogen-bond acceptors (Lipinski definition) is 2. The van der Waals surface area contributed by atoms with Gasteiger partial charge in [-0.1, -0.05) is 29.8 Å². The lowest BCUT2D eigenvalue weighted by atomic mass is 10.1. The summed E-state index contributed by atoms with van der Waals surface area (Å²) in [5.41, 5.74) is 0.535. The van der Waals surface area contributed by atoms with Crippen LogP contribution in [0.5, 0.6) is 0 Å². The summed E-state index contributed by atoms with van der Waals surface area (Å²) in [5, 5.41) is 0.425. The summed E-state index contributed by atoms with van der Waals surface area (Å²) >= 11 is 6.01. The maximum atomic E-state index is 13.4. The van der Waals surface area contributed by atoms with Crippen LogP contribution in [-0.4, -0.2) is 11.7 Å². The number of amides is 1. The molecule has 0 bridgehead atoms. The minimum absolute atomic E-state index is 0.0162. The summed E-state index contributed by atoms with van der Waals surface area (Å²) in [6.07, 6.45) is 0. The van der Waals surface area contributed by atoms with Gasteiger partial charge in [-0.15, -0.1) is 0 Å². The standard InChI is InChI=1S/C15H8ClF2NO2/c16-10-4-2-1-3-8(10)7-19-13-6-12(18)11(17)5-9(13)14(20)15(19)21/h1-6H,7H2. The van der Waals surface area contributed by atoms with E-state index >= 15 is 0 Å². The van der Waals surface area contributed by atoms with Gasteiger partial charge in [0, 0.05) is 11.1 Å². The first-order chi connectivity index (χ1) is 9.99. The number of fused-ring (bicyclic) bond motifs is 1. The van der Waals surface area contributed by atoms with E-state index in [9.17, 15) is 18.4 Å². The third-order valence-electron chi connectivity index (χ3n) is 3.30. The van der Waals surface area contributed by atoms with Crippen molar-refractivity contribution in [3.63, 3.8) is 0 Å². The molecule has 1 aliphatic heterocycles. The number of rotatable bonds is 2. The highest BCUT2D eigenvalue weighted by molar-refractivity contribution is 6.52. The molecule has 0 aromatic heterocycles. The fraction of sp³-hybridized carbons (Fsp3) is 0.0667. The van der Waals surface area contributed by atoms with Crippen LogP contribution in [-0.2, 0) is 11.3 Å². The molecule has 21 heavy (non-hydrogen) atoms. The second-order valence-corrected chi connectivity index (χ2v) is 5.00. The van der Waals surface area contributed by atoms with Gasteiger partial charge in [0.1, 0.15) is 0 Å². The zero-order valence-corrected chi connectivity index (χ0v) is 11.3. The zero-order valence-electron chi connectivity index (χ0n) is 10.6. The average molecular weight is 308 g/mol. The van der Waals surface area contributed by atoms with Gasteiger partial charge in [-0.3, -0.25) is 9.59 Å². The van der Waals surface area contributed by atoms with Gasteiger partial charge in [-0.05, 0) is 17.7 Å². The van der Waals surface area contributed by atoms with Crippen LogP contribution in [0.25, 0.3) is 0 Å². The second-order valence-electron chi connectivity index (χ2n) is 4.60. The molecule has 0 saturated heterocycles. The van der Waals surface area contributed by atoms with E-state index in [0.717, 1.165) is 17.0 Å². The van der Waals surface area contributed by atoms with Crippen LogP contribution < -0.4 is 4.90 Å². The number of benzene rings is 2. The van der Waals surface area contributed by atoms with Gasteiger partial charge in [-0.2, -0.15) is 0 Å². The van der Waals surface area contributed by atoms with Crippen LogP contribution in [0.1, 0.15) is 15.9 Å². The van der Waals surface area contributed by atoms with Gasteiger partial charge in [0.2, 0.25) is 0 Å². The van der Waals surface area contributed by atoms with E-state index in [4.69, 9.17) is 11.6 Å². The largest absolute Gasteiger partial charge is 0.300 e. The fourth-order valence-corrected chi connectivity index (χ4v) is 2.44. The van der Waals surface area contributed by atoms with Crippen molar-refractivity contribution in [2.24, 2.45) is 0 Å². The molecule has 2 aromatic carbocycles. The summed E-state index contributed by atoms with van der Waals surface area (Å²) in [7, 11) is 0. The Morgan fingerprint density at radius 2 is 1.71 bits per heavy atom. The summed E-state index contributed by atoms with van der Waals surface area (Å²) in [4.78, 5) is 24.9. The van der Waals surface area contributed by atoms with Crippen LogP contribution in [0.4, 0.5) is 14.5 Å². The van der Waals surface area contributed by atoms with Crippen molar-refractivity contribution < 1.29 is 18.4 Å². The highest BCUT2D eigenvalue weighted by atomic mass is 35.5. The number of carbonyl (C=O) groups excluding carboxylic acids is 2. The van der Waals surface area contributed by atoms with Crippen molar-refractivity contribution in [1.29, 1.82) is 0 Å². The maximum absolute atomic E-state index is 13.4. The Morgan fingerprint density at radius 3 is 2.43 bits per heavy atom. The maximum Gasteiger partial charge on any atom is 0.299 e. The van der Waals surface area contributed by atoms with Crippen molar-refractivity contribution >= 4 is 29.0 Å². The molecule has 0 saturated carbocycles. The zero-order chi connectivity index (χ0) is 15.1. The van der Waals surface area contributed by atoms with Crippen LogP contribution in [0.15, 0.2) is 36.4 Å². The van der Waals surface area contributed by atoms with Crippen LogP contribution in [0, 0.1) is 11.6 Å². The molecular formula is C15H8ClF2NO2. The monoisotopic (exact) mass is 307 g/mol. The number of anilines is 1. The summed E-state index contributed by atoms with van der Waals surface area (Å²) in [6.45, 7) is 0.0162. The molecule has 3 nitrogen and oxygen atoms in total. The first-order valence-corrected chi connectivity index (χ1v) is 6.45. The average Bonchev–Trinajstić information content (AvgIpc) is 2.67. The van der Waals surface area contributed by atoms with Crippen molar-refractivity contribution in [1.82, 2.24) is 0 Å². The summed E-state index contributed by atoms with van der Waals surface area (Å²) in [5.74, 6) is -3.94. The van der Waals surface area contributed by atoms with Gasteiger partial charge in [0.05, 0.1) is 17.8 Å². The van der Waals surface area contributed by atoms with Gasteiger partial charge in [0.15, 0.2) is 11.6 Å². The molecular weight excluding hydrogens is 300 g/mol. The van der Waals surface area contributed by atoms with E-state index in [1.807, 2.05) is 0 Å². The van der Waals surface area contributed by atoms with Crippen molar-refractivity contribution in [3.8, 4) is 0 Å². The SMILES string of the molecule is O=C1C(=O)N(Cc2ccccc2Cl)c2cc(F)c(F)cc21. The quantitative estimate of drug-likeness (QED) is 0.798. The molecule has 0 fully saturated rings. The minimum Gasteiger partial charge on any atom is -0.300 e. The number of ketones is 1. The summed E-state index contributed by atoms with van der Waals surface area (Å²) in [6, 6.07) is 8.40. The first-order valence-electron chi connectivity index (χ1n) is 6.07. The Morgan fingerprint density at radius 1 is 1.05 bits per heavy atom. The van der Waals surface area contributed by atoms with Crippen LogP contribution >= 0.6 is 11.6 Å². The first kappa shape index (κ1) is 13.7. The molecule has 1 heterocycles. The van der Waals surface area contributed by atoms with Crippen LogP contribution in [0.2, 0.25) is 5.02 Å². The highest BCUT2D eigenvalue weighted by Gasteiger charge is 2.37. The van der Waals surface area contributed by atoms with Crippen molar-refractivity contribution in [2.45, 2.75) is 6.54 Å². The molecule has 2 aromatic rings.